The maximum absolute atomic E-state index is 12.1. The third-order valence-corrected chi connectivity index (χ3v) is 5.17. The summed E-state index contributed by atoms with van der Waals surface area (Å²) >= 11 is 0. The van der Waals surface area contributed by atoms with Crippen LogP contribution in [0.4, 0.5) is 0 Å². The molecule has 0 aromatic heterocycles. The highest BCUT2D eigenvalue weighted by Crippen LogP contribution is 2.33. The Morgan fingerprint density at radius 3 is 2.33 bits per heavy atom. The number of nitrogens with zero attached hydrogens (tertiary/aromatic N) is 1. The SMILES string of the molecule is CC1CC(C)(C)CN(C(C)C)S(=O)(=O)C1. The van der Waals surface area contributed by atoms with Crippen molar-refractivity contribution in [2.45, 2.75) is 47.1 Å². The van der Waals surface area contributed by atoms with Crippen LogP contribution in [0.2, 0.25) is 0 Å². The van der Waals surface area contributed by atoms with Gasteiger partial charge in [0, 0.05) is 12.6 Å². The van der Waals surface area contributed by atoms with E-state index in [-0.39, 0.29) is 17.4 Å². The van der Waals surface area contributed by atoms with Crippen molar-refractivity contribution in [2.24, 2.45) is 11.3 Å². The molecule has 0 aromatic carbocycles. The van der Waals surface area contributed by atoms with Gasteiger partial charge in [-0.15, -0.1) is 0 Å². The third kappa shape index (κ3) is 3.18. The molecular formula is C11H23NO2S. The average molecular weight is 233 g/mol. The molecule has 0 saturated carbocycles. The molecule has 0 aromatic rings. The second kappa shape index (κ2) is 4.06. The van der Waals surface area contributed by atoms with E-state index in [0.29, 0.717) is 12.3 Å². The van der Waals surface area contributed by atoms with E-state index in [4.69, 9.17) is 0 Å². The fourth-order valence-corrected chi connectivity index (χ4v) is 4.76. The van der Waals surface area contributed by atoms with Crippen molar-refractivity contribution in [2.75, 3.05) is 12.3 Å². The highest BCUT2D eigenvalue weighted by molar-refractivity contribution is 7.89. The predicted molar refractivity (Wildman–Crippen MR) is 63.2 cm³/mol. The lowest BCUT2D eigenvalue weighted by atomic mass is 9.84. The van der Waals surface area contributed by atoms with Gasteiger partial charge in [-0.2, -0.15) is 4.31 Å². The molecule has 1 fully saturated rings. The first-order valence-electron chi connectivity index (χ1n) is 5.63. The van der Waals surface area contributed by atoms with Crippen LogP contribution in [0.5, 0.6) is 0 Å². The Balaban J connectivity index is 3.04. The van der Waals surface area contributed by atoms with Gasteiger partial charge in [0.15, 0.2) is 0 Å². The van der Waals surface area contributed by atoms with Crippen LogP contribution >= 0.6 is 0 Å². The van der Waals surface area contributed by atoms with E-state index in [1.54, 1.807) is 4.31 Å². The zero-order valence-corrected chi connectivity index (χ0v) is 11.3. The van der Waals surface area contributed by atoms with E-state index >= 15 is 0 Å². The zero-order valence-electron chi connectivity index (χ0n) is 10.4. The van der Waals surface area contributed by atoms with Crippen molar-refractivity contribution in [3.63, 3.8) is 0 Å². The van der Waals surface area contributed by atoms with Crippen LogP contribution in [-0.2, 0) is 10.0 Å². The van der Waals surface area contributed by atoms with Gasteiger partial charge in [-0.05, 0) is 31.6 Å². The van der Waals surface area contributed by atoms with Crippen molar-refractivity contribution in [1.82, 2.24) is 4.31 Å². The molecule has 0 aliphatic carbocycles. The van der Waals surface area contributed by atoms with Crippen molar-refractivity contribution in [1.29, 1.82) is 0 Å². The molecule has 1 atom stereocenters. The van der Waals surface area contributed by atoms with E-state index in [1.165, 1.54) is 0 Å². The quantitative estimate of drug-likeness (QED) is 0.695. The molecular weight excluding hydrogens is 210 g/mol. The lowest BCUT2D eigenvalue weighted by molar-refractivity contribution is 0.216. The largest absolute Gasteiger partial charge is 0.214 e. The van der Waals surface area contributed by atoms with Crippen molar-refractivity contribution >= 4 is 10.0 Å². The van der Waals surface area contributed by atoms with Crippen LogP contribution in [0.3, 0.4) is 0 Å². The summed E-state index contributed by atoms with van der Waals surface area (Å²) in [5, 5.41) is 0. The summed E-state index contributed by atoms with van der Waals surface area (Å²) in [6.45, 7) is 10.9. The monoisotopic (exact) mass is 233 g/mol. The molecule has 3 nitrogen and oxygen atoms in total. The van der Waals surface area contributed by atoms with Gasteiger partial charge in [0.25, 0.3) is 0 Å². The Labute approximate surface area is 93.9 Å². The van der Waals surface area contributed by atoms with E-state index < -0.39 is 10.0 Å². The van der Waals surface area contributed by atoms with E-state index in [1.807, 2.05) is 20.8 Å². The Bertz CT molecular complexity index is 319. The maximum atomic E-state index is 12.1. The third-order valence-electron chi connectivity index (χ3n) is 2.91. The summed E-state index contributed by atoms with van der Waals surface area (Å²) in [7, 11) is -3.05. The molecule has 0 amide bonds. The van der Waals surface area contributed by atoms with E-state index in [9.17, 15) is 8.42 Å². The van der Waals surface area contributed by atoms with Crippen LogP contribution in [-0.4, -0.2) is 31.1 Å². The molecule has 0 bridgehead atoms. The van der Waals surface area contributed by atoms with Crippen molar-refractivity contribution in [3.05, 3.63) is 0 Å². The Morgan fingerprint density at radius 1 is 1.33 bits per heavy atom. The maximum Gasteiger partial charge on any atom is 0.214 e. The average Bonchev–Trinajstić information content (AvgIpc) is 2.03. The van der Waals surface area contributed by atoms with E-state index in [2.05, 4.69) is 13.8 Å². The first-order valence-corrected chi connectivity index (χ1v) is 7.24. The summed E-state index contributed by atoms with van der Waals surface area (Å²) in [5.41, 5.74) is 0.0905. The normalized spacial score (nSPS) is 31.5. The van der Waals surface area contributed by atoms with Crippen LogP contribution in [0, 0.1) is 11.3 Å². The second-order valence-corrected chi connectivity index (χ2v) is 7.86. The fraction of sp³-hybridized carbons (Fsp3) is 1.00. The minimum Gasteiger partial charge on any atom is -0.212 e. The Kier molecular flexibility index (Phi) is 3.51. The predicted octanol–water partition coefficient (Wildman–Crippen LogP) is 2.09. The van der Waals surface area contributed by atoms with Gasteiger partial charge in [0.1, 0.15) is 0 Å². The lowest BCUT2D eigenvalue weighted by Gasteiger charge is -2.31. The molecule has 1 saturated heterocycles. The molecule has 90 valence electrons. The topological polar surface area (TPSA) is 37.4 Å². The molecule has 1 unspecified atom stereocenters. The summed E-state index contributed by atoms with van der Waals surface area (Å²) in [5.74, 6) is 0.558. The Hall–Kier alpha value is -0.0900. The fourth-order valence-electron chi connectivity index (χ4n) is 2.55. The summed E-state index contributed by atoms with van der Waals surface area (Å²) < 4.78 is 25.8. The summed E-state index contributed by atoms with van der Waals surface area (Å²) in [6, 6.07) is 0.0691. The van der Waals surface area contributed by atoms with Gasteiger partial charge in [0.05, 0.1) is 5.75 Å². The van der Waals surface area contributed by atoms with Gasteiger partial charge in [-0.25, -0.2) is 8.42 Å². The van der Waals surface area contributed by atoms with Gasteiger partial charge in [0.2, 0.25) is 10.0 Å². The van der Waals surface area contributed by atoms with Crippen molar-refractivity contribution < 1.29 is 8.42 Å². The number of hydrogen-bond donors (Lipinski definition) is 0. The number of hydrogen-bond acceptors (Lipinski definition) is 2. The summed E-state index contributed by atoms with van der Waals surface area (Å²) in [4.78, 5) is 0. The number of rotatable bonds is 1. The molecule has 1 rings (SSSR count). The molecule has 1 aliphatic heterocycles. The van der Waals surface area contributed by atoms with Crippen LogP contribution in [0.25, 0.3) is 0 Å². The molecule has 0 radical (unpaired) electrons. The highest BCUT2D eigenvalue weighted by Gasteiger charge is 2.37. The standard InChI is InChI=1S/C11H23NO2S/c1-9(2)12-8-11(4,5)6-10(3)7-15(12,13)14/h9-10H,6-8H2,1-5H3. The molecule has 15 heavy (non-hydrogen) atoms. The smallest absolute Gasteiger partial charge is 0.212 e. The zero-order chi connectivity index (χ0) is 11.9. The Morgan fingerprint density at radius 2 is 1.87 bits per heavy atom. The number of sulfonamides is 1. The lowest BCUT2D eigenvalue weighted by Crippen LogP contribution is -2.41. The minimum absolute atomic E-state index is 0.0691. The van der Waals surface area contributed by atoms with Gasteiger partial charge < -0.3 is 0 Å². The van der Waals surface area contributed by atoms with Gasteiger partial charge in [-0.3, -0.25) is 0 Å². The van der Waals surface area contributed by atoms with Gasteiger partial charge in [-0.1, -0.05) is 20.8 Å². The first-order chi connectivity index (χ1) is 6.64. The van der Waals surface area contributed by atoms with Crippen LogP contribution < -0.4 is 0 Å². The molecule has 4 heteroatoms. The van der Waals surface area contributed by atoms with Gasteiger partial charge >= 0.3 is 0 Å². The summed E-state index contributed by atoms with van der Waals surface area (Å²) in [6.07, 6.45) is 0.982. The second-order valence-electron chi connectivity index (χ2n) is 5.89. The van der Waals surface area contributed by atoms with Crippen molar-refractivity contribution in [3.8, 4) is 0 Å². The van der Waals surface area contributed by atoms with Crippen LogP contribution in [0.1, 0.15) is 41.0 Å². The first kappa shape index (κ1) is 13.0. The highest BCUT2D eigenvalue weighted by atomic mass is 32.2. The molecule has 0 N–H and O–H groups in total. The van der Waals surface area contributed by atoms with E-state index in [0.717, 1.165) is 6.42 Å². The molecule has 1 aliphatic rings. The molecule has 1 heterocycles. The molecule has 0 spiro atoms. The minimum atomic E-state index is -3.05. The van der Waals surface area contributed by atoms with Crippen LogP contribution in [0.15, 0.2) is 0 Å².